The largest absolute Gasteiger partial charge is 0.384 e. The molecule has 4 rings (SSSR count). The van der Waals surface area contributed by atoms with Crippen LogP contribution in [0.4, 0.5) is 5.69 Å². The Balaban J connectivity index is 1.39. The van der Waals surface area contributed by atoms with E-state index in [0.29, 0.717) is 28.2 Å². The van der Waals surface area contributed by atoms with Gasteiger partial charge in [0, 0.05) is 48.8 Å². The second kappa shape index (κ2) is 11.1. The minimum atomic E-state index is 0.398. The van der Waals surface area contributed by atoms with Crippen LogP contribution in [0.25, 0.3) is 11.1 Å². The predicted octanol–water partition coefficient (Wildman–Crippen LogP) is 6.00. The van der Waals surface area contributed by atoms with Gasteiger partial charge >= 0.3 is 0 Å². The van der Waals surface area contributed by atoms with Crippen molar-refractivity contribution < 1.29 is 4.74 Å². The zero-order valence-corrected chi connectivity index (χ0v) is 20.6. The first-order chi connectivity index (χ1) is 15.5. The normalized spacial score (nSPS) is 22.0. The molecule has 0 saturated heterocycles. The molecule has 2 fully saturated rings. The Morgan fingerprint density at radius 1 is 1.00 bits per heavy atom. The van der Waals surface area contributed by atoms with Gasteiger partial charge in [-0.05, 0) is 75.8 Å². The highest BCUT2D eigenvalue weighted by molar-refractivity contribution is 6.35. The summed E-state index contributed by atoms with van der Waals surface area (Å²) in [6.45, 7) is 3.93. The molecule has 174 valence electrons. The maximum absolute atomic E-state index is 6.54. The van der Waals surface area contributed by atoms with Crippen molar-refractivity contribution >= 4 is 28.9 Å². The fraction of sp³-hybridized carbons (Fsp3) is 0.600. The van der Waals surface area contributed by atoms with E-state index < -0.39 is 0 Å². The Kier molecular flexibility index (Phi) is 8.27. The van der Waals surface area contributed by atoms with Gasteiger partial charge in [-0.15, -0.1) is 0 Å². The fourth-order valence-corrected chi connectivity index (χ4v) is 5.06. The average Bonchev–Trinajstić information content (AvgIpc) is 3.61. The maximum atomic E-state index is 6.54. The molecular formula is C25H34Cl2N4O. The van der Waals surface area contributed by atoms with Crippen LogP contribution in [0.5, 0.6) is 0 Å². The van der Waals surface area contributed by atoms with E-state index in [1.165, 1.54) is 38.5 Å². The lowest BCUT2D eigenvalue weighted by Gasteiger charge is -2.31. The molecule has 0 aliphatic heterocycles. The van der Waals surface area contributed by atoms with Crippen molar-refractivity contribution in [3.8, 4) is 11.1 Å². The van der Waals surface area contributed by atoms with Crippen molar-refractivity contribution in [2.24, 2.45) is 11.8 Å². The van der Waals surface area contributed by atoms with Gasteiger partial charge in [0.25, 0.3) is 0 Å². The number of aromatic nitrogens is 2. The Labute approximate surface area is 201 Å². The number of hydrogen-bond donors (Lipinski definition) is 2. The zero-order valence-electron chi connectivity index (χ0n) is 19.0. The highest BCUT2D eigenvalue weighted by atomic mass is 35.5. The number of rotatable bonds is 10. The standard InChI is InChI=1S/C25H34Cl2N4O/c1-16(15-32-2)31-19-7-5-17(6-8-19)9-20-10-22(24(26)14-29-20)23-11-21(13-30-25(23)27)28-12-18-3-4-18/h10-11,13-14,16-19,28,31H,3-9,12,15H2,1-2H3/t16-,17?,19?/m0/s1. The van der Waals surface area contributed by atoms with Crippen molar-refractivity contribution in [3.63, 3.8) is 0 Å². The minimum Gasteiger partial charge on any atom is -0.384 e. The van der Waals surface area contributed by atoms with E-state index in [1.807, 2.05) is 0 Å². The van der Waals surface area contributed by atoms with Crippen LogP contribution in [0.2, 0.25) is 10.2 Å². The topological polar surface area (TPSA) is 59.1 Å². The highest BCUT2D eigenvalue weighted by Crippen LogP contribution is 2.36. The first-order valence-corrected chi connectivity index (χ1v) is 12.6. The van der Waals surface area contributed by atoms with Gasteiger partial charge in [-0.1, -0.05) is 23.2 Å². The summed E-state index contributed by atoms with van der Waals surface area (Å²) in [6, 6.07) is 5.14. The van der Waals surface area contributed by atoms with E-state index in [1.54, 1.807) is 19.5 Å². The van der Waals surface area contributed by atoms with E-state index in [9.17, 15) is 0 Å². The number of methoxy groups -OCH3 is 1. The number of nitrogens with one attached hydrogen (secondary N) is 2. The Bertz CT molecular complexity index is 898. The summed E-state index contributed by atoms with van der Waals surface area (Å²) in [5, 5.41) is 8.24. The summed E-state index contributed by atoms with van der Waals surface area (Å²) < 4.78 is 5.25. The van der Waals surface area contributed by atoms with E-state index >= 15 is 0 Å². The summed E-state index contributed by atoms with van der Waals surface area (Å²) in [5.41, 5.74) is 3.83. The van der Waals surface area contributed by atoms with Gasteiger partial charge in [0.1, 0.15) is 5.15 Å². The smallest absolute Gasteiger partial charge is 0.137 e. The Morgan fingerprint density at radius 2 is 1.75 bits per heavy atom. The van der Waals surface area contributed by atoms with Gasteiger partial charge in [0.15, 0.2) is 0 Å². The molecule has 2 aliphatic carbocycles. The van der Waals surface area contributed by atoms with Crippen LogP contribution in [0.3, 0.4) is 0 Å². The van der Waals surface area contributed by atoms with Crippen molar-refractivity contribution in [2.75, 3.05) is 25.6 Å². The van der Waals surface area contributed by atoms with Crippen molar-refractivity contribution in [1.82, 2.24) is 15.3 Å². The second-order valence-corrected chi connectivity index (χ2v) is 10.3. The number of halogens is 2. The minimum absolute atomic E-state index is 0.398. The van der Waals surface area contributed by atoms with Crippen molar-refractivity contribution in [3.05, 3.63) is 40.4 Å². The molecule has 0 bridgehead atoms. The van der Waals surface area contributed by atoms with Gasteiger partial charge in [0.2, 0.25) is 0 Å². The first-order valence-electron chi connectivity index (χ1n) is 11.8. The lowest BCUT2D eigenvalue weighted by molar-refractivity contribution is 0.158. The van der Waals surface area contributed by atoms with Crippen LogP contribution in [0.1, 0.15) is 51.1 Å². The molecule has 5 nitrogen and oxygen atoms in total. The molecule has 2 aromatic rings. The summed E-state index contributed by atoms with van der Waals surface area (Å²) in [7, 11) is 1.76. The highest BCUT2D eigenvalue weighted by Gasteiger charge is 2.24. The van der Waals surface area contributed by atoms with E-state index in [2.05, 4.69) is 39.7 Å². The summed E-state index contributed by atoms with van der Waals surface area (Å²) >= 11 is 13.0. The first kappa shape index (κ1) is 23.7. The lowest BCUT2D eigenvalue weighted by atomic mass is 9.83. The number of pyridine rings is 2. The molecule has 0 amide bonds. The third-order valence-electron chi connectivity index (χ3n) is 6.61. The van der Waals surface area contributed by atoms with Crippen molar-refractivity contribution in [2.45, 2.75) is 64.0 Å². The van der Waals surface area contributed by atoms with Crippen molar-refractivity contribution in [1.29, 1.82) is 0 Å². The quantitative estimate of drug-likeness (QED) is 0.411. The third-order valence-corrected chi connectivity index (χ3v) is 7.22. The molecule has 2 saturated carbocycles. The molecule has 2 N–H and O–H groups in total. The summed E-state index contributed by atoms with van der Waals surface area (Å²) in [4.78, 5) is 9.02. The van der Waals surface area contributed by atoms with E-state index in [-0.39, 0.29) is 0 Å². The molecule has 0 radical (unpaired) electrons. The summed E-state index contributed by atoms with van der Waals surface area (Å²) in [6.07, 6.45) is 12.0. The third kappa shape index (κ3) is 6.57. The van der Waals surface area contributed by atoms with Gasteiger partial charge in [-0.25, -0.2) is 4.98 Å². The maximum Gasteiger partial charge on any atom is 0.137 e. The molecule has 0 aromatic carbocycles. The van der Waals surface area contributed by atoms with Gasteiger partial charge in [-0.3, -0.25) is 4.98 Å². The van der Waals surface area contributed by atoms with Crippen LogP contribution in [0, 0.1) is 11.8 Å². The summed E-state index contributed by atoms with van der Waals surface area (Å²) in [5.74, 6) is 1.44. The zero-order chi connectivity index (χ0) is 22.5. The van der Waals surface area contributed by atoms with Crippen LogP contribution in [-0.4, -0.2) is 42.3 Å². The molecule has 7 heteroatoms. The number of hydrogen-bond acceptors (Lipinski definition) is 5. The van der Waals surface area contributed by atoms with Crippen LogP contribution in [0.15, 0.2) is 24.5 Å². The number of anilines is 1. The van der Waals surface area contributed by atoms with Gasteiger partial charge in [0.05, 0.1) is 23.5 Å². The molecule has 2 aliphatic rings. The van der Waals surface area contributed by atoms with Gasteiger partial charge in [-0.2, -0.15) is 0 Å². The van der Waals surface area contributed by atoms with Crippen LogP contribution >= 0.6 is 23.2 Å². The van der Waals surface area contributed by atoms with E-state index in [0.717, 1.165) is 48.0 Å². The fourth-order valence-electron chi connectivity index (χ4n) is 4.65. The molecule has 2 heterocycles. The number of nitrogens with zero attached hydrogens (tertiary/aromatic N) is 2. The molecule has 32 heavy (non-hydrogen) atoms. The molecule has 0 unspecified atom stereocenters. The lowest BCUT2D eigenvalue weighted by Crippen LogP contribution is -2.41. The molecule has 2 aromatic heterocycles. The number of ether oxygens (including phenoxy) is 1. The molecule has 0 spiro atoms. The Hall–Kier alpha value is -1.40. The monoisotopic (exact) mass is 476 g/mol. The van der Waals surface area contributed by atoms with E-state index in [4.69, 9.17) is 27.9 Å². The predicted molar refractivity (Wildman–Crippen MR) is 133 cm³/mol. The molecular weight excluding hydrogens is 443 g/mol. The average molecular weight is 477 g/mol. The Morgan fingerprint density at radius 3 is 2.47 bits per heavy atom. The second-order valence-electron chi connectivity index (χ2n) is 9.49. The SMILES string of the molecule is COC[C@H](C)NC1CCC(Cc2cc(-c3cc(NCC4CC4)cnc3Cl)c(Cl)cn2)CC1. The van der Waals surface area contributed by atoms with Crippen LogP contribution in [-0.2, 0) is 11.2 Å². The van der Waals surface area contributed by atoms with Gasteiger partial charge < -0.3 is 15.4 Å². The van der Waals surface area contributed by atoms with Crippen LogP contribution < -0.4 is 10.6 Å². The molecule has 1 atom stereocenters.